The molecule has 0 saturated heterocycles. The smallest absolute Gasteiger partial charge is 0.0409 e. The largest absolute Gasteiger partial charge is 0.314 e. The Balaban J connectivity index is 1.91. The maximum atomic E-state index is 6.08. The summed E-state index contributed by atoms with van der Waals surface area (Å²) >= 11 is 6.08. The Hall–Kier alpha value is -0.570. The van der Waals surface area contributed by atoms with Crippen LogP contribution < -0.4 is 5.32 Å². The van der Waals surface area contributed by atoms with Crippen LogP contribution in [0.25, 0.3) is 0 Å². The monoisotopic (exact) mass is 308 g/mol. The normalized spacial score (nSPS) is 23.2. The predicted octanol–water partition coefficient (Wildman–Crippen LogP) is 4.33. The molecule has 21 heavy (non-hydrogen) atoms. The Bertz CT molecular complexity index is 421. The fraction of sp³-hybridized carbons (Fsp3) is 0.667. The summed E-state index contributed by atoms with van der Waals surface area (Å²) in [6, 6.07) is 8.92. The van der Waals surface area contributed by atoms with Crippen molar-refractivity contribution in [2.75, 3.05) is 20.1 Å². The molecule has 3 heteroatoms. The van der Waals surface area contributed by atoms with Gasteiger partial charge in [0.2, 0.25) is 0 Å². The Morgan fingerprint density at radius 3 is 2.81 bits per heavy atom. The topological polar surface area (TPSA) is 15.3 Å². The zero-order chi connectivity index (χ0) is 15.1. The van der Waals surface area contributed by atoms with E-state index >= 15 is 0 Å². The van der Waals surface area contributed by atoms with Gasteiger partial charge in [-0.3, -0.25) is 0 Å². The molecule has 0 aliphatic heterocycles. The second kappa shape index (κ2) is 8.77. The summed E-state index contributed by atoms with van der Waals surface area (Å²) in [4.78, 5) is 2.45. The fourth-order valence-electron chi connectivity index (χ4n) is 3.55. The lowest BCUT2D eigenvalue weighted by atomic mass is 9.94. The Morgan fingerprint density at radius 1 is 1.24 bits per heavy atom. The van der Waals surface area contributed by atoms with Gasteiger partial charge in [0, 0.05) is 24.2 Å². The summed E-state index contributed by atoms with van der Waals surface area (Å²) in [7, 11) is 2.23. The number of rotatable bonds is 6. The van der Waals surface area contributed by atoms with Crippen LogP contribution >= 0.6 is 11.6 Å². The van der Waals surface area contributed by atoms with Crippen LogP contribution in [0.3, 0.4) is 0 Å². The standard InChI is InChI=1S/C18H29ClN2/c1-3-20-18-11-6-4-5-9-16(18)14-21(2)13-15-8-7-10-17(19)12-15/h7-8,10,12,16,18,20H,3-6,9,11,13-14H2,1-2H3. The zero-order valence-corrected chi connectivity index (χ0v) is 14.2. The van der Waals surface area contributed by atoms with Gasteiger partial charge >= 0.3 is 0 Å². The van der Waals surface area contributed by atoms with Gasteiger partial charge in [0.1, 0.15) is 0 Å². The summed E-state index contributed by atoms with van der Waals surface area (Å²) in [6.45, 7) is 5.46. The number of benzene rings is 1. The first kappa shape index (κ1) is 16.8. The van der Waals surface area contributed by atoms with E-state index in [0.717, 1.165) is 24.0 Å². The molecule has 1 aromatic carbocycles. The van der Waals surface area contributed by atoms with Crippen molar-refractivity contribution in [2.24, 2.45) is 5.92 Å². The van der Waals surface area contributed by atoms with Crippen LogP contribution in [0.15, 0.2) is 24.3 Å². The van der Waals surface area contributed by atoms with Crippen molar-refractivity contribution < 1.29 is 0 Å². The molecule has 1 saturated carbocycles. The van der Waals surface area contributed by atoms with Crippen LogP contribution in [0.2, 0.25) is 5.02 Å². The predicted molar refractivity (Wildman–Crippen MR) is 91.8 cm³/mol. The first-order valence-corrected chi connectivity index (χ1v) is 8.73. The molecule has 1 aliphatic rings. The van der Waals surface area contributed by atoms with Crippen LogP contribution in [0.4, 0.5) is 0 Å². The molecule has 0 spiro atoms. The second-order valence-corrected chi connectivity index (χ2v) is 6.83. The van der Waals surface area contributed by atoms with E-state index in [-0.39, 0.29) is 0 Å². The highest BCUT2D eigenvalue weighted by Crippen LogP contribution is 2.25. The number of nitrogens with zero attached hydrogens (tertiary/aromatic N) is 1. The number of hydrogen-bond donors (Lipinski definition) is 1. The highest BCUT2D eigenvalue weighted by molar-refractivity contribution is 6.30. The van der Waals surface area contributed by atoms with Crippen molar-refractivity contribution in [1.82, 2.24) is 10.2 Å². The first-order chi connectivity index (χ1) is 10.2. The van der Waals surface area contributed by atoms with E-state index < -0.39 is 0 Å². The molecule has 1 fully saturated rings. The molecule has 0 aromatic heterocycles. The maximum absolute atomic E-state index is 6.08. The highest BCUT2D eigenvalue weighted by Gasteiger charge is 2.23. The molecule has 1 aromatic rings. The SMILES string of the molecule is CCNC1CCCCCC1CN(C)Cc1cccc(Cl)c1. The molecule has 1 aliphatic carbocycles. The minimum atomic E-state index is 0.694. The highest BCUT2D eigenvalue weighted by atomic mass is 35.5. The molecule has 2 atom stereocenters. The van der Waals surface area contributed by atoms with Crippen molar-refractivity contribution in [3.8, 4) is 0 Å². The summed E-state index contributed by atoms with van der Waals surface area (Å²) in [5.74, 6) is 0.775. The van der Waals surface area contributed by atoms with Crippen LogP contribution in [0.5, 0.6) is 0 Å². The van der Waals surface area contributed by atoms with Gasteiger partial charge in [-0.1, -0.05) is 49.9 Å². The fourth-order valence-corrected chi connectivity index (χ4v) is 3.76. The van der Waals surface area contributed by atoms with E-state index in [2.05, 4.69) is 36.3 Å². The number of hydrogen-bond acceptors (Lipinski definition) is 2. The third-order valence-electron chi connectivity index (χ3n) is 4.51. The Labute approximate surface area is 134 Å². The van der Waals surface area contributed by atoms with Gasteiger partial charge < -0.3 is 10.2 Å². The lowest BCUT2D eigenvalue weighted by Crippen LogP contribution is -2.40. The minimum Gasteiger partial charge on any atom is -0.314 e. The molecular weight excluding hydrogens is 280 g/mol. The molecule has 0 bridgehead atoms. The molecule has 2 unspecified atom stereocenters. The maximum Gasteiger partial charge on any atom is 0.0409 e. The molecule has 0 heterocycles. The Kier molecular flexibility index (Phi) is 7.01. The van der Waals surface area contributed by atoms with Gasteiger partial charge in [0.25, 0.3) is 0 Å². The van der Waals surface area contributed by atoms with E-state index in [1.54, 1.807) is 0 Å². The van der Waals surface area contributed by atoms with Crippen LogP contribution in [-0.4, -0.2) is 31.1 Å². The summed E-state index contributed by atoms with van der Waals surface area (Å²) < 4.78 is 0. The van der Waals surface area contributed by atoms with Crippen molar-refractivity contribution in [3.63, 3.8) is 0 Å². The lowest BCUT2D eigenvalue weighted by molar-refractivity contribution is 0.220. The van der Waals surface area contributed by atoms with E-state index in [1.165, 1.54) is 44.2 Å². The first-order valence-electron chi connectivity index (χ1n) is 8.35. The summed E-state index contributed by atoms with van der Waals surface area (Å²) in [5, 5.41) is 4.54. The van der Waals surface area contributed by atoms with E-state index in [1.807, 2.05) is 12.1 Å². The molecule has 2 nitrogen and oxygen atoms in total. The van der Waals surface area contributed by atoms with Gasteiger partial charge in [-0.05, 0) is 50.0 Å². The van der Waals surface area contributed by atoms with Crippen molar-refractivity contribution in [3.05, 3.63) is 34.9 Å². The minimum absolute atomic E-state index is 0.694. The van der Waals surface area contributed by atoms with Crippen LogP contribution in [0.1, 0.15) is 44.6 Å². The second-order valence-electron chi connectivity index (χ2n) is 6.39. The summed E-state index contributed by atoms with van der Waals surface area (Å²) in [6.07, 6.45) is 6.86. The van der Waals surface area contributed by atoms with Gasteiger partial charge in [-0.2, -0.15) is 0 Å². The van der Waals surface area contributed by atoms with Gasteiger partial charge in [-0.15, -0.1) is 0 Å². The third-order valence-corrected chi connectivity index (χ3v) is 4.75. The lowest BCUT2D eigenvalue weighted by Gasteiger charge is -2.30. The average molecular weight is 309 g/mol. The molecule has 1 N–H and O–H groups in total. The molecule has 0 amide bonds. The summed E-state index contributed by atoms with van der Waals surface area (Å²) in [5.41, 5.74) is 1.30. The molecular formula is C18H29ClN2. The van der Waals surface area contributed by atoms with Gasteiger partial charge in [-0.25, -0.2) is 0 Å². The van der Waals surface area contributed by atoms with E-state index in [4.69, 9.17) is 11.6 Å². The number of nitrogens with one attached hydrogen (secondary N) is 1. The van der Waals surface area contributed by atoms with Crippen LogP contribution in [-0.2, 0) is 6.54 Å². The average Bonchev–Trinajstić information content (AvgIpc) is 2.65. The van der Waals surface area contributed by atoms with Gasteiger partial charge in [0.15, 0.2) is 0 Å². The van der Waals surface area contributed by atoms with E-state index in [0.29, 0.717) is 6.04 Å². The van der Waals surface area contributed by atoms with Gasteiger partial charge in [0.05, 0.1) is 0 Å². The quantitative estimate of drug-likeness (QED) is 0.787. The zero-order valence-electron chi connectivity index (χ0n) is 13.4. The van der Waals surface area contributed by atoms with Crippen LogP contribution in [0, 0.1) is 5.92 Å². The van der Waals surface area contributed by atoms with Crippen molar-refractivity contribution >= 4 is 11.6 Å². The third kappa shape index (κ3) is 5.61. The van der Waals surface area contributed by atoms with Crippen molar-refractivity contribution in [1.29, 1.82) is 0 Å². The molecule has 118 valence electrons. The van der Waals surface area contributed by atoms with Crippen molar-refractivity contribution in [2.45, 2.75) is 51.6 Å². The molecule has 0 radical (unpaired) electrons. The number of halogens is 1. The van der Waals surface area contributed by atoms with E-state index in [9.17, 15) is 0 Å². The molecule has 2 rings (SSSR count). The Morgan fingerprint density at radius 2 is 2.05 bits per heavy atom.